The van der Waals surface area contributed by atoms with Crippen LogP contribution in [0.3, 0.4) is 0 Å². The molecule has 148 valence electrons. The Morgan fingerprint density at radius 1 is 0.724 bits per heavy atom. The molecule has 3 aromatic rings. The van der Waals surface area contributed by atoms with Gasteiger partial charge in [0.1, 0.15) is 24.5 Å². The fourth-order valence-corrected chi connectivity index (χ4v) is 2.61. The van der Waals surface area contributed by atoms with Crippen molar-refractivity contribution >= 4 is 23.2 Å². The number of hydrogen-bond acceptors (Lipinski definition) is 4. The van der Waals surface area contributed by atoms with E-state index in [1.165, 1.54) is 0 Å². The lowest BCUT2D eigenvalue weighted by atomic mass is 10.2. The van der Waals surface area contributed by atoms with Crippen LogP contribution in [0.15, 0.2) is 78.9 Å². The fourth-order valence-electron chi connectivity index (χ4n) is 2.61. The first kappa shape index (κ1) is 19.9. The van der Waals surface area contributed by atoms with Gasteiger partial charge in [0, 0.05) is 11.4 Å². The zero-order valence-corrected chi connectivity index (χ0v) is 16.1. The van der Waals surface area contributed by atoms with Crippen LogP contribution in [-0.2, 0) is 16.2 Å². The third-order valence-electron chi connectivity index (χ3n) is 4.08. The van der Waals surface area contributed by atoms with Crippen molar-refractivity contribution in [3.05, 3.63) is 84.4 Å². The van der Waals surface area contributed by atoms with E-state index in [0.717, 1.165) is 5.56 Å². The topological polar surface area (TPSA) is 76.7 Å². The average molecular weight is 390 g/mol. The largest absolute Gasteiger partial charge is 0.497 e. The zero-order valence-electron chi connectivity index (χ0n) is 16.1. The van der Waals surface area contributed by atoms with Crippen LogP contribution in [0.5, 0.6) is 11.5 Å². The van der Waals surface area contributed by atoms with E-state index in [-0.39, 0.29) is 6.42 Å². The molecule has 0 saturated heterocycles. The van der Waals surface area contributed by atoms with Crippen molar-refractivity contribution in [2.45, 2.75) is 13.0 Å². The highest BCUT2D eigenvalue weighted by molar-refractivity contribution is 6.08. The molecule has 0 aliphatic carbocycles. The van der Waals surface area contributed by atoms with Crippen molar-refractivity contribution in [3.8, 4) is 11.5 Å². The van der Waals surface area contributed by atoms with Gasteiger partial charge in [0.2, 0.25) is 11.8 Å². The lowest BCUT2D eigenvalue weighted by molar-refractivity contribution is -0.123. The summed E-state index contributed by atoms with van der Waals surface area (Å²) in [6.07, 6.45) is -0.279. The third kappa shape index (κ3) is 6.39. The molecule has 0 aliphatic rings. The van der Waals surface area contributed by atoms with Crippen LogP contribution in [0.1, 0.15) is 12.0 Å². The van der Waals surface area contributed by atoms with Crippen LogP contribution in [0, 0.1) is 0 Å². The molecule has 29 heavy (non-hydrogen) atoms. The normalized spacial score (nSPS) is 10.1. The van der Waals surface area contributed by atoms with Crippen molar-refractivity contribution in [2.24, 2.45) is 0 Å². The van der Waals surface area contributed by atoms with E-state index in [1.807, 2.05) is 30.3 Å². The van der Waals surface area contributed by atoms with Gasteiger partial charge in [-0.05, 0) is 54.1 Å². The number of benzene rings is 3. The molecule has 0 aliphatic heterocycles. The maximum absolute atomic E-state index is 12.1. The molecule has 0 fully saturated rings. The summed E-state index contributed by atoms with van der Waals surface area (Å²) in [5.74, 6) is 0.602. The molecule has 0 aromatic heterocycles. The lowest BCUT2D eigenvalue weighted by Gasteiger charge is -2.09. The Labute approximate surface area is 169 Å². The standard InChI is InChI=1S/C23H22N2O4/c1-28-20-11-7-18(8-12-20)24-22(26)15-23(27)25-19-9-13-21(14-10-19)29-16-17-5-3-2-4-6-17/h2-14H,15-16H2,1H3,(H,24,26)(H,25,27). The molecule has 2 N–H and O–H groups in total. The fraction of sp³-hybridized carbons (Fsp3) is 0.130. The number of ether oxygens (including phenoxy) is 2. The number of amides is 2. The van der Waals surface area contributed by atoms with Gasteiger partial charge in [-0.15, -0.1) is 0 Å². The van der Waals surface area contributed by atoms with Crippen molar-refractivity contribution in [1.29, 1.82) is 0 Å². The first-order valence-corrected chi connectivity index (χ1v) is 9.13. The maximum Gasteiger partial charge on any atom is 0.233 e. The quantitative estimate of drug-likeness (QED) is 0.564. The van der Waals surface area contributed by atoms with Crippen LogP contribution in [0.2, 0.25) is 0 Å². The van der Waals surface area contributed by atoms with Gasteiger partial charge < -0.3 is 20.1 Å². The minimum absolute atomic E-state index is 0.279. The molecule has 3 rings (SSSR count). The van der Waals surface area contributed by atoms with Crippen molar-refractivity contribution in [2.75, 3.05) is 17.7 Å². The van der Waals surface area contributed by atoms with E-state index in [1.54, 1.807) is 55.6 Å². The Morgan fingerprint density at radius 2 is 1.24 bits per heavy atom. The Bertz CT molecular complexity index is 939. The molecular formula is C23H22N2O4. The summed E-state index contributed by atoms with van der Waals surface area (Å²) in [5, 5.41) is 5.38. The van der Waals surface area contributed by atoms with Gasteiger partial charge in [0.15, 0.2) is 0 Å². The summed E-state index contributed by atoms with van der Waals surface area (Å²) in [6.45, 7) is 0.470. The molecule has 3 aromatic carbocycles. The molecule has 0 bridgehead atoms. The molecule has 0 spiro atoms. The van der Waals surface area contributed by atoms with Crippen molar-refractivity contribution in [3.63, 3.8) is 0 Å². The van der Waals surface area contributed by atoms with Crippen LogP contribution in [0.4, 0.5) is 11.4 Å². The highest BCUT2D eigenvalue weighted by atomic mass is 16.5. The molecular weight excluding hydrogens is 368 g/mol. The molecule has 6 heteroatoms. The number of anilines is 2. The minimum atomic E-state index is -0.394. The molecule has 0 atom stereocenters. The summed E-state index contributed by atoms with van der Waals surface area (Å²) in [7, 11) is 1.57. The van der Waals surface area contributed by atoms with Gasteiger partial charge in [-0.3, -0.25) is 9.59 Å². The lowest BCUT2D eigenvalue weighted by Crippen LogP contribution is -2.21. The Morgan fingerprint density at radius 3 is 1.76 bits per heavy atom. The Kier molecular flexibility index (Phi) is 6.84. The Hall–Kier alpha value is -3.80. The van der Waals surface area contributed by atoms with Gasteiger partial charge in [0.05, 0.1) is 7.11 Å². The van der Waals surface area contributed by atoms with Gasteiger partial charge in [-0.1, -0.05) is 30.3 Å². The van der Waals surface area contributed by atoms with E-state index in [4.69, 9.17) is 9.47 Å². The van der Waals surface area contributed by atoms with Gasteiger partial charge in [0.25, 0.3) is 0 Å². The summed E-state index contributed by atoms with van der Waals surface area (Å²) in [4.78, 5) is 24.1. The zero-order chi connectivity index (χ0) is 20.5. The smallest absolute Gasteiger partial charge is 0.233 e. The van der Waals surface area contributed by atoms with E-state index in [9.17, 15) is 9.59 Å². The van der Waals surface area contributed by atoms with Crippen molar-refractivity contribution in [1.82, 2.24) is 0 Å². The summed E-state index contributed by atoms with van der Waals surface area (Å²) in [5.41, 5.74) is 2.27. The van der Waals surface area contributed by atoms with Gasteiger partial charge >= 0.3 is 0 Å². The number of rotatable bonds is 8. The number of methoxy groups -OCH3 is 1. The molecule has 0 heterocycles. The van der Waals surface area contributed by atoms with Gasteiger partial charge in [-0.2, -0.15) is 0 Å². The average Bonchev–Trinajstić information content (AvgIpc) is 2.74. The summed E-state index contributed by atoms with van der Waals surface area (Å²) >= 11 is 0. The highest BCUT2D eigenvalue weighted by Crippen LogP contribution is 2.18. The number of carbonyl (C=O) groups excluding carboxylic acids is 2. The van der Waals surface area contributed by atoms with Crippen LogP contribution in [-0.4, -0.2) is 18.9 Å². The minimum Gasteiger partial charge on any atom is -0.497 e. The van der Waals surface area contributed by atoms with Crippen LogP contribution < -0.4 is 20.1 Å². The first-order valence-electron chi connectivity index (χ1n) is 9.13. The third-order valence-corrected chi connectivity index (χ3v) is 4.08. The van der Waals surface area contributed by atoms with Gasteiger partial charge in [-0.25, -0.2) is 0 Å². The van der Waals surface area contributed by atoms with E-state index < -0.39 is 11.8 Å². The molecule has 0 radical (unpaired) electrons. The number of hydrogen-bond donors (Lipinski definition) is 2. The molecule has 0 unspecified atom stereocenters. The Balaban J connectivity index is 1.45. The monoisotopic (exact) mass is 390 g/mol. The molecule has 0 saturated carbocycles. The maximum atomic E-state index is 12.1. The van der Waals surface area contributed by atoms with E-state index >= 15 is 0 Å². The van der Waals surface area contributed by atoms with Crippen LogP contribution in [0.25, 0.3) is 0 Å². The van der Waals surface area contributed by atoms with Crippen LogP contribution >= 0.6 is 0 Å². The summed E-state index contributed by atoms with van der Waals surface area (Å²) in [6, 6.07) is 23.8. The summed E-state index contributed by atoms with van der Waals surface area (Å²) < 4.78 is 10.8. The van der Waals surface area contributed by atoms with E-state index in [2.05, 4.69) is 10.6 Å². The number of nitrogens with one attached hydrogen (secondary N) is 2. The molecule has 2 amide bonds. The van der Waals surface area contributed by atoms with E-state index in [0.29, 0.717) is 29.5 Å². The molecule has 6 nitrogen and oxygen atoms in total. The predicted molar refractivity (Wildman–Crippen MR) is 112 cm³/mol. The SMILES string of the molecule is COc1ccc(NC(=O)CC(=O)Nc2ccc(OCc3ccccc3)cc2)cc1. The second kappa shape index (κ2) is 9.94. The second-order valence-electron chi connectivity index (χ2n) is 6.30. The highest BCUT2D eigenvalue weighted by Gasteiger charge is 2.10. The second-order valence-corrected chi connectivity index (χ2v) is 6.30. The number of carbonyl (C=O) groups is 2. The predicted octanol–water partition coefficient (Wildman–Crippen LogP) is 4.24. The van der Waals surface area contributed by atoms with Crippen molar-refractivity contribution < 1.29 is 19.1 Å². The first-order chi connectivity index (χ1) is 14.1.